The molecule has 2 atom stereocenters. The first kappa shape index (κ1) is 11.1. The highest BCUT2D eigenvalue weighted by atomic mass is 32.1. The molecule has 84 valence electrons. The van der Waals surface area contributed by atoms with Gasteiger partial charge in [0.2, 0.25) is 0 Å². The molecule has 1 aromatic heterocycles. The molecule has 0 aliphatic carbocycles. The summed E-state index contributed by atoms with van der Waals surface area (Å²) in [7, 11) is 0. The van der Waals surface area contributed by atoms with E-state index < -0.39 is 0 Å². The second-order valence-corrected chi connectivity index (χ2v) is 5.65. The number of hydrogen-bond donors (Lipinski definition) is 1. The summed E-state index contributed by atoms with van der Waals surface area (Å²) in [4.78, 5) is 5.35. The van der Waals surface area contributed by atoms with Gasteiger partial charge in [0.1, 0.15) is 0 Å². The normalized spacial score (nSPS) is 28.2. The maximum atomic E-state index is 6.25. The van der Waals surface area contributed by atoms with E-state index >= 15 is 0 Å². The van der Waals surface area contributed by atoms with Gasteiger partial charge in [0.15, 0.2) is 0 Å². The first-order valence-corrected chi connectivity index (χ1v) is 6.60. The lowest BCUT2D eigenvalue weighted by molar-refractivity contribution is 0.138. The van der Waals surface area contributed by atoms with Crippen LogP contribution in [0.4, 0.5) is 0 Å². The molecule has 1 aromatic rings. The van der Waals surface area contributed by atoms with Gasteiger partial charge in [-0.25, -0.2) is 0 Å². The summed E-state index contributed by atoms with van der Waals surface area (Å²) in [6, 6.07) is 5.23. The monoisotopic (exact) mass is 224 g/mol. The van der Waals surface area contributed by atoms with Crippen LogP contribution in [0.15, 0.2) is 12.1 Å². The van der Waals surface area contributed by atoms with Gasteiger partial charge in [-0.15, -0.1) is 11.3 Å². The van der Waals surface area contributed by atoms with E-state index in [-0.39, 0.29) is 0 Å². The zero-order valence-electron chi connectivity index (χ0n) is 9.57. The number of likely N-dealkylation sites (N-methyl/N-ethyl adjacent to an activating group) is 1. The van der Waals surface area contributed by atoms with Crippen LogP contribution in [0.5, 0.6) is 0 Å². The van der Waals surface area contributed by atoms with Crippen LogP contribution in [0, 0.1) is 6.92 Å². The van der Waals surface area contributed by atoms with Gasteiger partial charge in [-0.05, 0) is 45.0 Å². The van der Waals surface area contributed by atoms with Gasteiger partial charge in [0.25, 0.3) is 0 Å². The van der Waals surface area contributed by atoms with Crippen LogP contribution < -0.4 is 5.73 Å². The molecule has 0 radical (unpaired) electrons. The van der Waals surface area contributed by atoms with Crippen LogP contribution in [0.2, 0.25) is 0 Å². The number of aryl methyl sites for hydroxylation is 1. The van der Waals surface area contributed by atoms with Crippen LogP contribution in [-0.2, 0) is 0 Å². The molecule has 0 amide bonds. The van der Waals surface area contributed by atoms with Gasteiger partial charge in [0, 0.05) is 15.8 Å². The molecule has 2 heterocycles. The highest BCUT2D eigenvalue weighted by Gasteiger charge is 2.29. The number of hydrogen-bond acceptors (Lipinski definition) is 3. The lowest BCUT2D eigenvalue weighted by atomic mass is 9.96. The van der Waals surface area contributed by atoms with E-state index in [1.54, 1.807) is 0 Å². The predicted octanol–water partition coefficient (Wildman–Crippen LogP) is 2.54. The number of nitrogens with zero attached hydrogens (tertiary/aromatic N) is 1. The summed E-state index contributed by atoms with van der Waals surface area (Å²) in [6.45, 7) is 6.70. The van der Waals surface area contributed by atoms with Crippen LogP contribution >= 0.6 is 11.3 Å². The highest BCUT2D eigenvalue weighted by Crippen LogP contribution is 2.33. The Labute approximate surface area is 96.1 Å². The Morgan fingerprint density at radius 1 is 1.53 bits per heavy atom. The van der Waals surface area contributed by atoms with E-state index in [1.165, 1.54) is 22.7 Å². The summed E-state index contributed by atoms with van der Waals surface area (Å²) in [5.41, 5.74) is 6.25. The van der Waals surface area contributed by atoms with Gasteiger partial charge >= 0.3 is 0 Å². The Bertz CT molecular complexity index is 321. The van der Waals surface area contributed by atoms with Crippen LogP contribution in [0.1, 0.15) is 35.6 Å². The third-order valence-electron chi connectivity index (χ3n) is 3.24. The molecule has 2 unspecified atom stereocenters. The van der Waals surface area contributed by atoms with Crippen molar-refractivity contribution in [3.05, 3.63) is 21.9 Å². The van der Waals surface area contributed by atoms with E-state index in [9.17, 15) is 0 Å². The van der Waals surface area contributed by atoms with Crippen molar-refractivity contribution in [3.8, 4) is 0 Å². The Morgan fingerprint density at radius 3 is 2.93 bits per heavy atom. The summed E-state index contributed by atoms with van der Waals surface area (Å²) >= 11 is 1.90. The SMILES string of the molecule is CCN1CCCC(N)C1c1ccc(C)s1. The number of piperidine rings is 1. The van der Waals surface area contributed by atoms with E-state index in [2.05, 4.69) is 30.9 Å². The van der Waals surface area contributed by atoms with Gasteiger partial charge in [-0.2, -0.15) is 0 Å². The van der Waals surface area contributed by atoms with Crippen molar-refractivity contribution >= 4 is 11.3 Å². The average molecular weight is 224 g/mol. The third-order valence-corrected chi connectivity index (χ3v) is 4.31. The lowest BCUT2D eigenvalue weighted by Gasteiger charge is -2.38. The summed E-state index contributed by atoms with van der Waals surface area (Å²) < 4.78 is 0. The minimum atomic E-state index is 0.316. The molecule has 0 saturated carbocycles. The quantitative estimate of drug-likeness (QED) is 0.836. The fraction of sp³-hybridized carbons (Fsp3) is 0.667. The Hall–Kier alpha value is -0.380. The third kappa shape index (κ3) is 2.25. The van der Waals surface area contributed by atoms with Crippen LogP contribution in [-0.4, -0.2) is 24.0 Å². The summed E-state index contributed by atoms with van der Waals surface area (Å²) in [5, 5.41) is 0. The summed E-state index contributed by atoms with van der Waals surface area (Å²) in [6.07, 6.45) is 2.41. The molecule has 1 aliphatic heterocycles. The molecule has 1 aliphatic rings. The van der Waals surface area contributed by atoms with Crippen molar-refractivity contribution in [2.24, 2.45) is 5.73 Å². The largest absolute Gasteiger partial charge is 0.326 e. The molecule has 2 nitrogen and oxygen atoms in total. The molecule has 0 aromatic carbocycles. The van der Waals surface area contributed by atoms with Crippen molar-refractivity contribution in [2.75, 3.05) is 13.1 Å². The molecule has 1 fully saturated rings. The molecule has 2 rings (SSSR count). The zero-order valence-corrected chi connectivity index (χ0v) is 10.4. The van der Waals surface area contributed by atoms with E-state index in [0.717, 1.165) is 13.0 Å². The van der Waals surface area contributed by atoms with Crippen molar-refractivity contribution < 1.29 is 0 Å². The second-order valence-electron chi connectivity index (χ2n) is 4.33. The minimum Gasteiger partial charge on any atom is -0.326 e. The molecule has 15 heavy (non-hydrogen) atoms. The molecule has 3 heteroatoms. The maximum absolute atomic E-state index is 6.25. The molecule has 2 N–H and O–H groups in total. The van der Waals surface area contributed by atoms with Gasteiger partial charge in [0.05, 0.1) is 6.04 Å². The lowest BCUT2D eigenvalue weighted by Crippen LogP contribution is -2.45. The fourth-order valence-corrected chi connectivity index (χ4v) is 3.54. The van der Waals surface area contributed by atoms with Gasteiger partial charge in [-0.3, -0.25) is 4.90 Å². The number of rotatable bonds is 2. The van der Waals surface area contributed by atoms with Crippen LogP contribution in [0.3, 0.4) is 0 Å². The van der Waals surface area contributed by atoms with Crippen molar-refractivity contribution in [1.82, 2.24) is 4.90 Å². The van der Waals surface area contributed by atoms with Gasteiger partial charge in [-0.1, -0.05) is 6.92 Å². The average Bonchev–Trinajstić information content (AvgIpc) is 2.64. The van der Waals surface area contributed by atoms with Crippen molar-refractivity contribution in [3.63, 3.8) is 0 Å². The van der Waals surface area contributed by atoms with E-state index in [1.807, 2.05) is 11.3 Å². The molecular weight excluding hydrogens is 204 g/mol. The fourth-order valence-electron chi connectivity index (χ4n) is 2.46. The topological polar surface area (TPSA) is 29.3 Å². The maximum Gasteiger partial charge on any atom is 0.0593 e. The molecule has 0 spiro atoms. The Kier molecular flexibility index (Phi) is 3.44. The molecule has 0 bridgehead atoms. The first-order chi connectivity index (χ1) is 7.22. The van der Waals surface area contributed by atoms with E-state index in [0.29, 0.717) is 12.1 Å². The molecule has 1 saturated heterocycles. The van der Waals surface area contributed by atoms with Gasteiger partial charge < -0.3 is 5.73 Å². The minimum absolute atomic E-state index is 0.316. The number of thiophene rings is 1. The molecular formula is C12H20N2S. The van der Waals surface area contributed by atoms with Crippen LogP contribution in [0.25, 0.3) is 0 Å². The predicted molar refractivity (Wildman–Crippen MR) is 66.3 cm³/mol. The Morgan fingerprint density at radius 2 is 2.33 bits per heavy atom. The second kappa shape index (κ2) is 4.64. The first-order valence-electron chi connectivity index (χ1n) is 5.78. The van der Waals surface area contributed by atoms with Crippen molar-refractivity contribution in [1.29, 1.82) is 0 Å². The Balaban J connectivity index is 2.22. The zero-order chi connectivity index (χ0) is 10.8. The highest BCUT2D eigenvalue weighted by molar-refractivity contribution is 7.12. The summed E-state index contributed by atoms with van der Waals surface area (Å²) in [5.74, 6) is 0. The van der Waals surface area contributed by atoms with E-state index in [4.69, 9.17) is 5.73 Å². The number of nitrogens with two attached hydrogens (primary N) is 1. The van der Waals surface area contributed by atoms with Crippen molar-refractivity contribution in [2.45, 2.75) is 38.8 Å². The standard InChI is InChI=1S/C12H20N2S/c1-3-14-8-4-5-10(13)12(14)11-7-6-9(2)15-11/h6-7,10,12H,3-5,8,13H2,1-2H3. The number of likely N-dealkylation sites (tertiary alicyclic amines) is 1. The smallest absolute Gasteiger partial charge is 0.0593 e.